The van der Waals surface area contributed by atoms with Gasteiger partial charge in [0.25, 0.3) is 0 Å². The third-order valence-corrected chi connectivity index (χ3v) is 6.50. The number of rotatable bonds is 14. The van der Waals surface area contributed by atoms with Crippen LogP contribution in [-0.2, 0) is 0 Å². The van der Waals surface area contributed by atoms with Crippen molar-refractivity contribution in [1.82, 2.24) is 0 Å². The summed E-state index contributed by atoms with van der Waals surface area (Å²) in [6, 6.07) is 0. The number of hydrogen-bond donors (Lipinski definition) is 0. The maximum Gasteiger partial charge on any atom is 0.0786 e. The Bertz CT molecular complexity index is 281. The fourth-order valence-corrected chi connectivity index (χ4v) is 3.68. The van der Waals surface area contributed by atoms with Gasteiger partial charge in [-0.2, -0.15) is 0 Å². The van der Waals surface area contributed by atoms with Crippen molar-refractivity contribution >= 4 is 6.16 Å². The van der Waals surface area contributed by atoms with Gasteiger partial charge >= 0.3 is 0 Å². The summed E-state index contributed by atoms with van der Waals surface area (Å²) in [4.78, 5) is 8.33. The average Bonchev–Trinajstić information content (AvgIpc) is 2.70. The van der Waals surface area contributed by atoms with Gasteiger partial charge in [0.05, 0.1) is 52.4 Å². The quantitative estimate of drug-likeness (QED) is 0.328. The SMILES string of the molecule is CCCCC[N+](CC)(CC)CC.CCCCC[N+](CC)(CC)CC.O=C([O-])[O-]. The molecular weight excluding hydrogens is 352 g/mol. The smallest absolute Gasteiger partial charge is 0.0786 e. The van der Waals surface area contributed by atoms with E-state index in [1.807, 2.05) is 0 Å². The minimum Gasteiger partial charge on any atom is -0.652 e. The third kappa shape index (κ3) is 17.3. The Hall–Kier alpha value is -0.810. The largest absolute Gasteiger partial charge is 0.652 e. The number of nitrogens with zero attached hydrogens (tertiary/aromatic N) is 2. The van der Waals surface area contributed by atoms with Crippen LogP contribution in [0.15, 0.2) is 0 Å². The Morgan fingerprint density at radius 2 is 0.750 bits per heavy atom. The van der Waals surface area contributed by atoms with Gasteiger partial charge in [-0.15, -0.1) is 0 Å². The standard InChI is InChI=1S/2C11H26N.CH2O3/c2*1-5-9-10-11-12(6-2,7-3)8-4;2-1(3)4/h2*5-11H2,1-4H3;(H2,2,3,4)/q2*+1;/p-2. The number of carbonyl (C=O) groups excluding carboxylic acids is 1. The Labute approximate surface area is 176 Å². The molecule has 0 heterocycles. The Balaban J connectivity index is -0.000000375. The summed E-state index contributed by atoms with van der Waals surface area (Å²) >= 11 is 0. The van der Waals surface area contributed by atoms with Crippen LogP contribution in [-0.4, -0.2) is 67.5 Å². The van der Waals surface area contributed by atoms with Crippen molar-refractivity contribution < 1.29 is 24.0 Å². The van der Waals surface area contributed by atoms with Crippen molar-refractivity contribution in [2.45, 2.75) is 93.9 Å². The van der Waals surface area contributed by atoms with Crippen molar-refractivity contribution in [3.63, 3.8) is 0 Å². The molecule has 0 fully saturated rings. The van der Waals surface area contributed by atoms with Crippen LogP contribution in [0, 0.1) is 0 Å². The predicted octanol–water partition coefficient (Wildman–Crippen LogP) is 3.66. The Kier molecular flexibility index (Phi) is 23.8. The fourth-order valence-electron chi connectivity index (χ4n) is 3.68. The normalized spacial score (nSPS) is 11.1. The van der Waals surface area contributed by atoms with Crippen LogP contribution in [0.5, 0.6) is 0 Å². The van der Waals surface area contributed by atoms with Crippen LogP contribution < -0.4 is 10.2 Å². The highest BCUT2D eigenvalue weighted by Gasteiger charge is 2.19. The van der Waals surface area contributed by atoms with E-state index >= 15 is 0 Å². The minimum absolute atomic E-state index is 1.30. The maximum atomic E-state index is 8.33. The van der Waals surface area contributed by atoms with E-state index in [0.29, 0.717) is 0 Å². The molecule has 0 aromatic heterocycles. The summed E-state index contributed by atoms with van der Waals surface area (Å²) in [5.74, 6) is 0. The number of hydrogen-bond acceptors (Lipinski definition) is 3. The number of carbonyl (C=O) groups is 1. The van der Waals surface area contributed by atoms with E-state index in [9.17, 15) is 0 Å². The lowest BCUT2D eigenvalue weighted by molar-refractivity contribution is -0.923. The van der Waals surface area contributed by atoms with Crippen LogP contribution >= 0.6 is 0 Å². The topological polar surface area (TPSA) is 63.2 Å². The molecule has 0 aromatic rings. The zero-order chi connectivity index (χ0) is 22.5. The molecule has 0 aromatic carbocycles. The van der Waals surface area contributed by atoms with Gasteiger partial charge in [-0.1, -0.05) is 26.7 Å². The molecule has 0 atom stereocenters. The molecule has 0 radical (unpaired) electrons. The van der Waals surface area contributed by atoms with E-state index in [0.717, 1.165) is 0 Å². The molecule has 5 nitrogen and oxygen atoms in total. The highest BCUT2D eigenvalue weighted by atomic mass is 16.6. The molecule has 0 saturated heterocycles. The predicted molar refractivity (Wildman–Crippen MR) is 118 cm³/mol. The van der Waals surface area contributed by atoms with E-state index in [2.05, 4.69) is 55.4 Å². The second kappa shape index (κ2) is 20.9. The molecule has 28 heavy (non-hydrogen) atoms. The number of unbranched alkanes of at least 4 members (excludes halogenated alkanes) is 4. The summed E-state index contributed by atoms with van der Waals surface area (Å²) in [7, 11) is 0. The molecule has 0 aliphatic carbocycles. The maximum absolute atomic E-state index is 8.33. The number of carboxylic acid groups (broad SMARTS) is 2. The lowest BCUT2D eigenvalue weighted by atomic mass is 10.2. The van der Waals surface area contributed by atoms with Gasteiger partial charge in [0, 0.05) is 0 Å². The van der Waals surface area contributed by atoms with Crippen LogP contribution in [0.4, 0.5) is 4.79 Å². The van der Waals surface area contributed by atoms with E-state index in [1.54, 1.807) is 0 Å². The Morgan fingerprint density at radius 3 is 0.893 bits per heavy atom. The van der Waals surface area contributed by atoms with E-state index in [4.69, 9.17) is 15.0 Å². The van der Waals surface area contributed by atoms with Crippen LogP contribution in [0.3, 0.4) is 0 Å². The molecule has 0 amide bonds. The molecule has 0 unspecified atom stereocenters. The molecule has 0 spiro atoms. The molecule has 0 saturated carbocycles. The first kappa shape index (κ1) is 31.9. The van der Waals surface area contributed by atoms with E-state index in [1.165, 1.54) is 99.8 Å². The molecule has 0 aliphatic rings. The summed E-state index contributed by atoms with van der Waals surface area (Å²) < 4.78 is 2.64. The van der Waals surface area contributed by atoms with E-state index < -0.39 is 6.16 Å². The van der Waals surface area contributed by atoms with Crippen molar-refractivity contribution in [1.29, 1.82) is 0 Å². The minimum atomic E-state index is -2.33. The summed E-state index contributed by atoms with van der Waals surface area (Å²) in [6.07, 6.45) is 5.98. The monoisotopic (exact) mass is 404 g/mol. The van der Waals surface area contributed by atoms with E-state index in [-0.39, 0.29) is 0 Å². The second-order valence-electron chi connectivity index (χ2n) is 7.69. The third-order valence-electron chi connectivity index (χ3n) is 6.50. The lowest BCUT2D eigenvalue weighted by Crippen LogP contribution is -2.48. The Morgan fingerprint density at radius 1 is 0.536 bits per heavy atom. The van der Waals surface area contributed by atoms with Gasteiger partial charge in [0.1, 0.15) is 0 Å². The van der Waals surface area contributed by atoms with Gasteiger partial charge < -0.3 is 24.0 Å². The van der Waals surface area contributed by atoms with Gasteiger partial charge in [-0.05, 0) is 73.4 Å². The van der Waals surface area contributed by atoms with Crippen LogP contribution in [0.25, 0.3) is 0 Å². The zero-order valence-corrected chi connectivity index (χ0v) is 20.5. The molecule has 0 N–H and O–H groups in total. The van der Waals surface area contributed by atoms with Gasteiger partial charge in [0.2, 0.25) is 0 Å². The first-order chi connectivity index (χ1) is 13.2. The van der Waals surface area contributed by atoms with Gasteiger partial charge in [-0.3, -0.25) is 0 Å². The summed E-state index contributed by atoms with van der Waals surface area (Å²) in [6.45, 7) is 29.0. The average molecular weight is 405 g/mol. The van der Waals surface area contributed by atoms with Crippen molar-refractivity contribution in [2.75, 3.05) is 52.4 Å². The highest BCUT2D eigenvalue weighted by Crippen LogP contribution is 2.10. The molecule has 172 valence electrons. The molecule has 0 aliphatic heterocycles. The summed E-state index contributed by atoms with van der Waals surface area (Å²) in [5, 5.41) is 16.7. The first-order valence-electron chi connectivity index (χ1n) is 11.8. The van der Waals surface area contributed by atoms with Crippen molar-refractivity contribution in [3.8, 4) is 0 Å². The molecular formula is C23H52N2O3. The van der Waals surface area contributed by atoms with Gasteiger partial charge in [0.15, 0.2) is 0 Å². The van der Waals surface area contributed by atoms with Crippen LogP contribution in [0.2, 0.25) is 0 Å². The molecule has 0 bridgehead atoms. The molecule has 5 heteroatoms. The van der Waals surface area contributed by atoms with Crippen molar-refractivity contribution in [2.24, 2.45) is 0 Å². The number of quaternary nitrogens is 2. The summed E-state index contributed by atoms with van der Waals surface area (Å²) in [5.41, 5.74) is 0. The highest BCUT2D eigenvalue weighted by molar-refractivity contribution is 5.47. The first-order valence-corrected chi connectivity index (χ1v) is 11.8. The van der Waals surface area contributed by atoms with Crippen molar-refractivity contribution in [3.05, 3.63) is 0 Å². The molecule has 0 rings (SSSR count). The van der Waals surface area contributed by atoms with Crippen LogP contribution in [0.1, 0.15) is 93.9 Å². The fraction of sp³-hybridized carbons (Fsp3) is 0.957. The zero-order valence-electron chi connectivity index (χ0n) is 20.5. The second-order valence-corrected chi connectivity index (χ2v) is 7.69. The lowest BCUT2D eigenvalue weighted by Gasteiger charge is -2.35. The van der Waals surface area contributed by atoms with Gasteiger partial charge in [-0.25, -0.2) is 0 Å².